The Hall–Kier alpha value is -0.620. The minimum Gasteiger partial charge on any atom is -0.490 e. The van der Waals surface area contributed by atoms with Gasteiger partial charge in [0.2, 0.25) is 0 Å². The van der Waals surface area contributed by atoms with Crippen LogP contribution in [0, 0.1) is 0 Å². The number of hydrogen-bond acceptors (Lipinski definition) is 4. The molecule has 2 heterocycles. The zero-order chi connectivity index (χ0) is 14.0. The first kappa shape index (κ1) is 14.3. The van der Waals surface area contributed by atoms with E-state index in [0.29, 0.717) is 13.2 Å². The lowest BCUT2D eigenvalue weighted by Crippen LogP contribution is -2.44. The molecule has 1 N–H and O–H groups in total. The lowest BCUT2D eigenvalue weighted by molar-refractivity contribution is -0.112. The molecule has 0 radical (unpaired) electrons. The normalized spacial score (nSPS) is 29.8. The highest BCUT2D eigenvalue weighted by Crippen LogP contribution is 2.35. The van der Waals surface area contributed by atoms with E-state index in [1.165, 1.54) is 0 Å². The summed E-state index contributed by atoms with van der Waals surface area (Å²) in [7, 11) is 0. The Labute approximate surface area is 127 Å². The highest BCUT2D eigenvalue weighted by molar-refractivity contribution is 9.10. The number of halogens is 1. The first-order valence-corrected chi connectivity index (χ1v) is 7.78. The molecule has 0 aromatic heterocycles. The predicted octanol–water partition coefficient (Wildman–Crippen LogP) is 2.66. The van der Waals surface area contributed by atoms with Crippen molar-refractivity contribution < 1.29 is 19.3 Å². The molecule has 1 aromatic carbocycles. The molecule has 0 saturated carbocycles. The smallest absolute Gasteiger partial charge is 0.125 e. The molecule has 2 saturated heterocycles. The Morgan fingerprint density at radius 2 is 2.30 bits per heavy atom. The van der Waals surface area contributed by atoms with Crippen molar-refractivity contribution in [3.63, 3.8) is 0 Å². The van der Waals surface area contributed by atoms with Gasteiger partial charge in [-0.05, 0) is 18.2 Å². The zero-order valence-electron chi connectivity index (χ0n) is 11.3. The molecule has 0 amide bonds. The zero-order valence-corrected chi connectivity index (χ0v) is 12.9. The minimum atomic E-state index is -0.155. The maximum atomic E-state index is 9.43. The summed E-state index contributed by atoms with van der Waals surface area (Å²) in [6, 6.07) is 5.73. The maximum absolute atomic E-state index is 9.43. The van der Waals surface area contributed by atoms with Crippen LogP contribution in [0.25, 0.3) is 0 Å². The van der Waals surface area contributed by atoms with Gasteiger partial charge in [0.15, 0.2) is 0 Å². The van der Waals surface area contributed by atoms with Gasteiger partial charge in [-0.2, -0.15) is 0 Å². The molecule has 5 heteroatoms. The largest absolute Gasteiger partial charge is 0.490 e. The van der Waals surface area contributed by atoms with Gasteiger partial charge in [-0.3, -0.25) is 0 Å². The first-order chi connectivity index (χ1) is 9.71. The third kappa shape index (κ3) is 3.01. The van der Waals surface area contributed by atoms with Crippen LogP contribution in [0.4, 0.5) is 0 Å². The monoisotopic (exact) mass is 342 g/mol. The molecule has 110 valence electrons. The second kappa shape index (κ2) is 6.02. The highest BCUT2D eigenvalue weighted by Gasteiger charge is 2.41. The average Bonchev–Trinajstić information content (AvgIpc) is 2.89. The van der Waals surface area contributed by atoms with E-state index in [0.717, 1.165) is 41.7 Å². The molecule has 1 aromatic rings. The summed E-state index contributed by atoms with van der Waals surface area (Å²) < 4.78 is 18.4. The fourth-order valence-electron chi connectivity index (χ4n) is 2.91. The van der Waals surface area contributed by atoms with Gasteiger partial charge in [-0.25, -0.2) is 0 Å². The van der Waals surface area contributed by atoms with Crippen molar-refractivity contribution in [1.29, 1.82) is 0 Å². The van der Waals surface area contributed by atoms with E-state index in [1.807, 2.05) is 18.2 Å². The summed E-state index contributed by atoms with van der Waals surface area (Å²) >= 11 is 3.41. The van der Waals surface area contributed by atoms with E-state index < -0.39 is 0 Å². The molecule has 2 aliphatic rings. The number of aliphatic hydroxyl groups excluding tert-OH is 1. The van der Waals surface area contributed by atoms with Crippen LogP contribution in [-0.4, -0.2) is 36.6 Å². The Balaban J connectivity index is 1.71. The van der Waals surface area contributed by atoms with E-state index in [2.05, 4.69) is 15.9 Å². The van der Waals surface area contributed by atoms with Gasteiger partial charge < -0.3 is 19.3 Å². The van der Waals surface area contributed by atoms with Crippen molar-refractivity contribution >= 4 is 15.9 Å². The van der Waals surface area contributed by atoms with Crippen molar-refractivity contribution in [1.82, 2.24) is 0 Å². The molecular weight excluding hydrogens is 324 g/mol. The number of aliphatic hydroxyl groups is 1. The maximum Gasteiger partial charge on any atom is 0.125 e. The van der Waals surface area contributed by atoms with Crippen LogP contribution in [0.2, 0.25) is 0 Å². The van der Waals surface area contributed by atoms with E-state index in [1.54, 1.807) is 0 Å². The summed E-state index contributed by atoms with van der Waals surface area (Å²) in [5, 5.41) is 9.43. The van der Waals surface area contributed by atoms with Crippen LogP contribution < -0.4 is 4.74 Å². The van der Waals surface area contributed by atoms with Crippen LogP contribution in [0.1, 0.15) is 24.8 Å². The van der Waals surface area contributed by atoms with Gasteiger partial charge in [-0.1, -0.05) is 15.9 Å². The summed E-state index contributed by atoms with van der Waals surface area (Å²) in [4.78, 5) is 0. The fraction of sp³-hybridized carbons (Fsp3) is 0.600. The van der Waals surface area contributed by atoms with Crippen molar-refractivity contribution in [3.05, 3.63) is 28.2 Å². The highest BCUT2D eigenvalue weighted by atomic mass is 79.9. The van der Waals surface area contributed by atoms with Gasteiger partial charge in [0.1, 0.15) is 11.9 Å². The molecule has 2 unspecified atom stereocenters. The van der Waals surface area contributed by atoms with Gasteiger partial charge in [0, 0.05) is 35.9 Å². The topological polar surface area (TPSA) is 47.9 Å². The third-order valence-electron chi connectivity index (χ3n) is 4.00. The molecule has 2 atom stereocenters. The van der Waals surface area contributed by atoms with Crippen molar-refractivity contribution in [3.8, 4) is 5.75 Å². The Morgan fingerprint density at radius 1 is 1.40 bits per heavy atom. The van der Waals surface area contributed by atoms with Crippen LogP contribution in [0.3, 0.4) is 0 Å². The number of ether oxygens (including phenoxy) is 3. The molecule has 20 heavy (non-hydrogen) atoms. The molecule has 3 rings (SSSR count). The second-order valence-corrected chi connectivity index (χ2v) is 6.39. The van der Waals surface area contributed by atoms with Gasteiger partial charge in [0.05, 0.1) is 25.4 Å². The van der Waals surface area contributed by atoms with Gasteiger partial charge in [-0.15, -0.1) is 0 Å². The van der Waals surface area contributed by atoms with E-state index in [-0.39, 0.29) is 18.3 Å². The lowest BCUT2D eigenvalue weighted by atomic mass is 9.91. The van der Waals surface area contributed by atoms with Crippen molar-refractivity contribution in [2.24, 2.45) is 0 Å². The fourth-order valence-corrected chi connectivity index (χ4v) is 3.32. The minimum absolute atomic E-state index is 0.0216. The molecule has 0 bridgehead atoms. The van der Waals surface area contributed by atoms with Crippen molar-refractivity contribution in [2.75, 3.05) is 19.8 Å². The summed E-state index contributed by atoms with van der Waals surface area (Å²) in [6.45, 7) is 2.12. The summed E-state index contributed by atoms with van der Waals surface area (Å²) in [5.41, 5.74) is 0.653. The molecule has 0 aliphatic carbocycles. The molecule has 2 aliphatic heterocycles. The first-order valence-electron chi connectivity index (χ1n) is 6.98. The second-order valence-electron chi connectivity index (χ2n) is 5.48. The average molecular weight is 343 g/mol. The molecule has 4 nitrogen and oxygen atoms in total. The molecular formula is C15H19BrO4. The molecule has 1 spiro atoms. The summed E-state index contributed by atoms with van der Waals surface area (Å²) in [5.74, 6) is 0.761. The van der Waals surface area contributed by atoms with Crippen LogP contribution in [0.15, 0.2) is 22.7 Å². The Kier molecular flexibility index (Phi) is 4.31. The third-order valence-corrected chi connectivity index (χ3v) is 4.49. The molecule has 2 fully saturated rings. The lowest BCUT2D eigenvalue weighted by Gasteiger charge is -2.37. The quantitative estimate of drug-likeness (QED) is 0.917. The Bertz CT molecular complexity index is 471. The van der Waals surface area contributed by atoms with Crippen LogP contribution >= 0.6 is 15.9 Å². The van der Waals surface area contributed by atoms with E-state index in [4.69, 9.17) is 14.2 Å². The van der Waals surface area contributed by atoms with E-state index in [9.17, 15) is 5.11 Å². The van der Waals surface area contributed by atoms with Crippen LogP contribution in [0.5, 0.6) is 5.75 Å². The van der Waals surface area contributed by atoms with Gasteiger partial charge in [0.25, 0.3) is 0 Å². The number of benzene rings is 1. The number of rotatable bonds is 3. The Morgan fingerprint density at radius 3 is 3.05 bits per heavy atom. The van der Waals surface area contributed by atoms with Gasteiger partial charge >= 0.3 is 0 Å². The van der Waals surface area contributed by atoms with Crippen LogP contribution in [-0.2, 0) is 16.1 Å². The standard InChI is InChI=1S/C15H19BrO4/c16-12-1-2-14(11(7-12)9-17)20-13-3-5-19-15(8-13)4-6-18-10-15/h1-2,7,13,17H,3-6,8-10H2. The van der Waals surface area contributed by atoms with E-state index >= 15 is 0 Å². The number of hydrogen-bond donors (Lipinski definition) is 1. The van der Waals surface area contributed by atoms with Crippen molar-refractivity contribution in [2.45, 2.75) is 37.6 Å². The summed E-state index contributed by atoms with van der Waals surface area (Å²) in [6.07, 6.45) is 2.80. The SMILES string of the molecule is OCc1cc(Br)ccc1OC1CCOC2(CCOC2)C1. The predicted molar refractivity (Wildman–Crippen MR) is 77.8 cm³/mol.